The van der Waals surface area contributed by atoms with Crippen LogP contribution in [0.3, 0.4) is 0 Å². The van der Waals surface area contributed by atoms with Crippen LogP contribution < -0.4 is 0 Å². The number of hydrogen-bond donors (Lipinski definition) is 0. The largest absolute Gasteiger partial charge is 0.445 e. The predicted molar refractivity (Wildman–Crippen MR) is 97.2 cm³/mol. The van der Waals surface area contributed by atoms with Gasteiger partial charge in [-0.3, -0.25) is 9.69 Å². The molecule has 2 amide bonds. The molecule has 3 atom stereocenters. The summed E-state index contributed by atoms with van der Waals surface area (Å²) >= 11 is 0. The summed E-state index contributed by atoms with van der Waals surface area (Å²) in [6.07, 6.45) is 0.398. The summed E-state index contributed by atoms with van der Waals surface area (Å²) < 4.78 is 5.41. The molecule has 0 radical (unpaired) electrons. The van der Waals surface area contributed by atoms with Gasteiger partial charge in [0.05, 0.1) is 12.1 Å². The monoisotopic (exact) mass is 350 g/mol. The third-order valence-corrected chi connectivity index (χ3v) is 5.37. The van der Waals surface area contributed by atoms with Gasteiger partial charge in [-0.1, -0.05) is 60.7 Å². The van der Waals surface area contributed by atoms with Crippen LogP contribution in [0.5, 0.6) is 0 Å². The fraction of sp³-hybridized carbons (Fsp3) is 0.333. The molecule has 0 aliphatic carbocycles. The Kier molecular flexibility index (Phi) is 4.37. The Morgan fingerprint density at radius 2 is 1.77 bits per heavy atom. The second-order valence-electron chi connectivity index (χ2n) is 6.87. The Labute approximate surface area is 153 Å². The molecule has 2 aliphatic rings. The van der Waals surface area contributed by atoms with Crippen LogP contribution in [0, 0.1) is 0 Å². The second-order valence-corrected chi connectivity index (χ2v) is 6.87. The van der Waals surface area contributed by atoms with Crippen molar-refractivity contribution in [2.75, 3.05) is 6.54 Å². The van der Waals surface area contributed by atoms with Crippen LogP contribution >= 0.6 is 0 Å². The van der Waals surface area contributed by atoms with Crippen molar-refractivity contribution in [2.24, 2.45) is 0 Å². The molecule has 0 saturated carbocycles. The number of amides is 2. The Balaban J connectivity index is 1.39. The van der Waals surface area contributed by atoms with Crippen LogP contribution in [-0.4, -0.2) is 40.4 Å². The lowest BCUT2D eigenvalue weighted by Gasteiger charge is -2.48. The van der Waals surface area contributed by atoms with E-state index in [1.54, 1.807) is 4.90 Å². The van der Waals surface area contributed by atoms with Crippen molar-refractivity contribution in [3.63, 3.8) is 0 Å². The SMILES string of the molecule is CC(c1ccccc1)N1C(=O)[C@H]2[C@H]1CCN2C(=O)OCc1ccccc1. The fourth-order valence-corrected chi connectivity index (χ4v) is 3.98. The Morgan fingerprint density at radius 3 is 2.46 bits per heavy atom. The molecule has 0 spiro atoms. The highest BCUT2D eigenvalue weighted by Crippen LogP contribution is 2.40. The minimum Gasteiger partial charge on any atom is -0.445 e. The molecule has 2 aromatic carbocycles. The van der Waals surface area contributed by atoms with Gasteiger partial charge < -0.3 is 9.64 Å². The van der Waals surface area contributed by atoms with Crippen LogP contribution in [-0.2, 0) is 16.1 Å². The van der Waals surface area contributed by atoms with Gasteiger partial charge in [0.2, 0.25) is 5.91 Å². The Morgan fingerprint density at radius 1 is 1.12 bits per heavy atom. The molecule has 5 heteroatoms. The molecule has 0 N–H and O–H groups in total. The zero-order chi connectivity index (χ0) is 18.1. The van der Waals surface area contributed by atoms with Crippen LogP contribution in [0.25, 0.3) is 0 Å². The topological polar surface area (TPSA) is 49.9 Å². The summed E-state index contributed by atoms with van der Waals surface area (Å²) in [7, 11) is 0. The molecule has 1 unspecified atom stereocenters. The third-order valence-electron chi connectivity index (χ3n) is 5.37. The molecule has 2 saturated heterocycles. The Bertz CT molecular complexity index is 793. The number of carbonyl (C=O) groups is 2. The number of likely N-dealkylation sites (tertiary alicyclic amines) is 2. The number of nitrogens with zero attached hydrogens (tertiary/aromatic N) is 2. The van der Waals surface area contributed by atoms with Gasteiger partial charge >= 0.3 is 6.09 Å². The first-order valence-corrected chi connectivity index (χ1v) is 9.01. The number of fused-ring (bicyclic) bond motifs is 1. The van der Waals surface area contributed by atoms with Gasteiger partial charge in [-0.25, -0.2) is 4.79 Å². The molecule has 0 aromatic heterocycles. The van der Waals surface area contributed by atoms with Gasteiger partial charge in [0.1, 0.15) is 12.6 Å². The van der Waals surface area contributed by atoms with Crippen LogP contribution in [0.4, 0.5) is 4.79 Å². The van der Waals surface area contributed by atoms with Crippen LogP contribution in [0.2, 0.25) is 0 Å². The smallest absolute Gasteiger partial charge is 0.410 e. The molecule has 26 heavy (non-hydrogen) atoms. The summed E-state index contributed by atoms with van der Waals surface area (Å²) in [6.45, 7) is 2.83. The molecular formula is C21H22N2O3. The quantitative estimate of drug-likeness (QED) is 0.795. The first-order valence-electron chi connectivity index (χ1n) is 9.01. The van der Waals surface area contributed by atoms with Gasteiger partial charge in [0.15, 0.2) is 0 Å². The zero-order valence-corrected chi connectivity index (χ0v) is 14.7. The van der Waals surface area contributed by atoms with Gasteiger partial charge in [-0.2, -0.15) is 0 Å². The normalized spacial score (nSPS) is 22.6. The number of benzene rings is 2. The van der Waals surface area contributed by atoms with E-state index in [9.17, 15) is 9.59 Å². The standard InChI is InChI=1S/C21H22N2O3/c1-15(17-10-6-3-7-11-17)23-18-12-13-22(19(18)20(23)24)21(25)26-14-16-8-4-2-5-9-16/h2-11,15,18-19H,12-14H2,1H3/t15?,18-,19-/m1/s1. The van der Waals surface area contributed by atoms with Gasteiger partial charge in [0.25, 0.3) is 0 Å². The summed E-state index contributed by atoms with van der Waals surface area (Å²) in [5.74, 6) is 0.0144. The summed E-state index contributed by atoms with van der Waals surface area (Å²) in [5, 5.41) is 0. The number of β-lactam (4-membered cyclic amide) rings is 1. The molecule has 0 bridgehead atoms. The third kappa shape index (κ3) is 2.83. The molecule has 4 rings (SSSR count). The van der Waals surface area contributed by atoms with Crippen molar-refractivity contribution in [1.29, 1.82) is 0 Å². The van der Waals surface area contributed by atoms with Crippen LogP contribution in [0.1, 0.15) is 30.5 Å². The predicted octanol–water partition coefficient (Wildman–Crippen LogP) is 3.37. The van der Waals surface area contributed by atoms with Crippen molar-refractivity contribution >= 4 is 12.0 Å². The average Bonchev–Trinajstić information content (AvgIpc) is 3.07. The van der Waals surface area contributed by atoms with Crippen molar-refractivity contribution < 1.29 is 14.3 Å². The molecule has 2 heterocycles. The number of ether oxygens (including phenoxy) is 1. The van der Waals surface area contributed by atoms with E-state index >= 15 is 0 Å². The van der Waals surface area contributed by atoms with Gasteiger partial charge in [-0.05, 0) is 24.5 Å². The summed E-state index contributed by atoms with van der Waals surface area (Å²) in [6, 6.07) is 19.3. The van der Waals surface area contributed by atoms with Crippen molar-refractivity contribution in [3.8, 4) is 0 Å². The molecule has 2 aliphatic heterocycles. The van der Waals surface area contributed by atoms with E-state index in [2.05, 4.69) is 0 Å². The highest BCUT2D eigenvalue weighted by Gasteiger charge is 2.57. The Hall–Kier alpha value is -2.82. The molecular weight excluding hydrogens is 328 g/mol. The zero-order valence-electron chi connectivity index (χ0n) is 14.7. The van der Waals surface area contributed by atoms with E-state index in [1.807, 2.05) is 72.5 Å². The molecule has 2 aromatic rings. The van der Waals surface area contributed by atoms with Crippen molar-refractivity contribution in [3.05, 3.63) is 71.8 Å². The maximum Gasteiger partial charge on any atom is 0.410 e. The fourth-order valence-electron chi connectivity index (χ4n) is 3.98. The van der Waals surface area contributed by atoms with Gasteiger partial charge in [-0.15, -0.1) is 0 Å². The first kappa shape index (κ1) is 16.6. The highest BCUT2D eigenvalue weighted by molar-refractivity contribution is 5.93. The van der Waals surface area contributed by atoms with Crippen LogP contribution in [0.15, 0.2) is 60.7 Å². The minimum atomic E-state index is -0.401. The minimum absolute atomic E-state index is 0.0144. The number of rotatable bonds is 4. The summed E-state index contributed by atoms with van der Waals surface area (Å²) in [4.78, 5) is 28.7. The lowest BCUT2D eigenvalue weighted by molar-refractivity contribution is -0.156. The highest BCUT2D eigenvalue weighted by atomic mass is 16.6. The van der Waals surface area contributed by atoms with Crippen molar-refractivity contribution in [2.45, 2.75) is 38.1 Å². The van der Waals surface area contributed by atoms with E-state index in [1.165, 1.54) is 0 Å². The summed E-state index contributed by atoms with van der Waals surface area (Å²) in [5.41, 5.74) is 2.06. The lowest BCUT2D eigenvalue weighted by Crippen LogP contribution is -2.67. The maximum absolute atomic E-state index is 12.7. The van der Waals surface area contributed by atoms with E-state index in [0.29, 0.717) is 6.54 Å². The van der Waals surface area contributed by atoms with E-state index in [0.717, 1.165) is 17.5 Å². The van der Waals surface area contributed by atoms with Gasteiger partial charge in [0, 0.05) is 6.54 Å². The lowest BCUT2D eigenvalue weighted by atomic mass is 9.91. The second kappa shape index (κ2) is 6.83. The molecule has 2 fully saturated rings. The number of carbonyl (C=O) groups excluding carboxylic acids is 2. The van der Waals surface area contributed by atoms with Crippen molar-refractivity contribution in [1.82, 2.24) is 9.80 Å². The average molecular weight is 350 g/mol. The molecule has 134 valence electrons. The van der Waals surface area contributed by atoms with E-state index in [-0.39, 0.29) is 30.6 Å². The maximum atomic E-state index is 12.7. The first-order chi connectivity index (χ1) is 12.7. The van der Waals surface area contributed by atoms with E-state index in [4.69, 9.17) is 4.74 Å². The number of hydrogen-bond acceptors (Lipinski definition) is 3. The molecule has 5 nitrogen and oxygen atoms in total. The van der Waals surface area contributed by atoms with E-state index < -0.39 is 6.09 Å².